The molecule has 0 bridgehead atoms. The van der Waals surface area contributed by atoms with E-state index >= 15 is 0 Å². The van der Waals surface area contributed by atoms with E-state index in [2.05, 4.69) is 36.4 Å². The lowest BCUT2D eigenvalue weighted by molar-refractivity contribution is 0.122. The molecule has 30 heavy (non-hydrogen) atoms. The maximum absolute atomic E-state index is 12.2. The second kappa shape index (κ2) is 10.7. The van der Waals surface area contributed by atoms with Gasteiger partial charge >= 0.3 is 0 Å². The smallest absolute Gasteiger partial charge is 0.250 e. The minimum absolute atomic E-state index is 0.133. The standard InChI is InChI=1S/C16H21ClN8O3S2/c17-12-2-3-13(29-12)30(26,27)21-7-6-20-15-22-14(19-5-1-4-18)23-16(24-15)25-8-10-28-11-9-25/h2-3,21H,1,5-11H2,(H2,19,20,22,23,24). The van der Waals surface area contributed by atoms with Gasteiger partial charge in [-0.05, 0) is 12.1 Å². The first-order chi connectivity index (χ1) is 14.5. The molecule has 0 radical (unpaired) electrons. The number of aromatic nitrogens is 3. The summed E-state index contributed by atoms with van der Waals surface area (Å²) in [4.78, 5) is 15.1. The van der Waals surface area contributed by atoms with Gasteiger partial charge in [-0.1, -0.05) is 11.6 Å². The molecule has 0 spiro atoms. The number of rotatable bonds is 10. The molecule has 0 aromatic carbocycles. The molecular weight excluding hydrogens is 452 g/mol. The first-order valence-corrected chi connectivity index (χ1v) is 11.8. The third-order valence-corrected chi connectivity index (χ3v) is 7.14. The molecule has 2 aromatic rings. The Bertz CT molecular complexity index is 989. The predicted molar refractivity (Wildman–Crippen MR) is 115 cm³/mol. The van der Waals surface area contributed by atoms with Gasteiger partial charge in [-0.2, -0.15) is 20.2 Å². The Balaban J connectivity index is 1.62. The van der Waals surface area contributed by atoms with E-state index in [1.165, 1.54) is 12.1 Å². The number of nitrogens with zero attached hydrogens (tertiary/aromatic N) is 5. The van der Waals surface area contributed by atoms with Crippen LogP contribution in [0, 0.1) is 11.3 Å². The first-order valence-electron chi connectivity index (χ1n) is 9.16. The van der Waals surface area contributed by atoms with Gasteiger partial charge in [0.15, 0.2) is 0 Å². The number of halogens is 1. The molecule has 1 fully saturated rings. The van der Waals surface area contributed by atoms with E-state index in [4.69, 9.17) is 21.6 Å². The minimum atomic E-state index is -3.62. The van der Waals surface area contributed by atoms with E-state index < -0.39 is 10.0 Å². The zero-order valence-electron chi connectivity index (χ0n) is 16.0. The highest BCUT2D eigenvalue weighted by molar-refractivity contribution is 7.91. The molecule has 1 saturated heterocycles. The molecule has 14 heteroatoms. The Hall–Kier alpha value is -2.24. The lowest BCUT2D eigenvalue weighted by Gasteiger charge is -2.27. The van der Waals surface area contributed by atoms with E-state index in [0.29, 0.717) is 61.5 Å². The summed E-state index contributed by atoms with van der Waals surface area (Å²) in [5.41, 5.74) is 0. The fourth-order valence-electron chi connectivity index (χ4n) is 2.53. The average Bonchev–Trinajstić information content (AvgIpc) is 3.19. The van der Waals surface area contributed by atoms with Crippen molar-refractivity contribution in [3.63, 3.8) is 0 Å². The van der Waals surface area contributed by atoms with Crippen LogP contribution in [0.4, 0.5) is 17.8 Å². The molecule has 162 valence electrons. The lowest BCUT2D eigenvalue weighted by atomic mass is 10.4. The fourth-order valence-corrected chi connectivity index (χ4v) is 5.09. The largest absolute Gasteiger partial charge is 0.378 e. The van der Waals surface area contributed by atoms with Crippen molar-refractivity contribution in [2.45, 2.75) is 10.6 Å². The molecule has 0 amide bonds. The van der Waals surface area contributed by atoms with Crippen molar-refractivity contribution in [2.75, 3.05) is 61.5 Å². The third kappa shape index (κ3) is 6.38. The number of hydrogen-bond donors (Lipinski definition) is 3. The summed E-state index contributed by atoms with van der Waals surface area (Å²) >= 11 is 6.80. The second-order valence-electron chi connectivity index (χ2n) is 6.10. The molecule has 3 rings (SSSR count). The van der Waals surface area contributed by atoms with Crippen LogP contribution >= 0.6 is 22.9 Å². The monoisotopic (exact) mass is 472 g/mol. The Morgan fingerprint density at radius 3 is 2.47 bits per heavy atom. The maximum atomic E-state index is 12.2. The molecule has 3 N–H and O–H groups in total. The number of ether oxygens (including phenoxy) is 1. The van der Waals surface area contributed by atoms with Crippen LogP contribution in [0.2, 0.25) is 4.34 Å². The first kappa shape index (κ1) is 22.4. The molecule has 0 aliphatic carbocycles. The number of hydrogen-bond acceptors (Lipinski definition) is 11. The van der Waals surface area contributed by atoms with Gasteiger partial charge in [0, 0.05) is 32.7 Å². The molecular formula is C16H21ClN8O3S2. The number of anilines is 3. The van der Waals surface area contributed by atoms with Crippen molar-refractivity contribution in [3.05, 3.63) is 16.5 Å². The van der Waals surface area contributed by atoms with Crippen molar-refractivity contribution in [2.24, 2.45) is 0 Å². The highest BCUT2D eigenvalue weighted by atomic mass is 35.5. The Morgan fingerprint density at radius 2 is 1.83 bits per heavy atom. The SMILES string of the molecule is N#CCCNc1nc(NCCNS(=O)(=O)c2ccc(Cl)s2)nc(N2CCOCC2)n1. The van der Waals surface area contributed by atoms with Crippen LogP contribution in [0.5, 0.6) is 0 Å². The molecule has 0 saturated carbocycles. The molecule has 0 atom stereocenters. The van der Waals surface area contributed by atoms with Gasteiger partial charge in [0.25, 0.3) is 0 Å². The number of sulfonamides is 1. The van der Waals surface area contributed by atoms with Crippen molar-refractivity contribution in [3.8, 4) is 6.07 Å². The van der Waals surface area contributed by atoms with Crippen molar-refractivity contribution in [1.29, 1.82) is 5.26 Å². The highest BCUT2D eigenvalue weighted by Crippen LogP contribution is 2.25. The molecule has 0 unspecified atom stereocenters. The van der Waals surface area contributed by atoms with Gasteiger partial charge in [0.1, 0.15) is 4.21 Å². The van der Waals surface area contributed by atoms with Gasteiger partial charge < -0.3 is 20.3 Å². The summed E-state index contributed by atoms with van der Waals surface area (Å²) < 4.78 is 32.9. The molecule has 2 aromatic heterocycles. The van der Waals surface area contributed by atoms with Gasteiger partial charge in [0.2, 0.25) is 27.9 Å². The van der Waals surface area contributed by atoms with Crippen LogP contribution < -0.4 is 20.3 Å². The van der Waals surface area contributed by atoms with Crippen LogP contribution in [0.15, 0.2) is 16.3 Å². The number of morpholine rings is 1. The van der Waals surface area contributed by atoms with Crippen LogP contribution in [0.1, 0.15) is 6.42 Å². The topological polar surface area (TPSA) is 145 Å². The van der Waals surface area contributed by atoms with E-state index in [0.717, 1.165) is 11.3 Å². The average molecular weight is 473 g/mol. The zero-order valence-corrected chi connectivity index (χ0v) is 18.4. The Labute approximate surface area is 183 Å². The van der Waals surface area contributed by atoms with Crippen molar-refractivity contribution >= 4 is 50.8 Å². The molecule has 11 nitrogen and oxygen atoms in total. The maximum Gasteiger partial charge on any atom is 0.250 e. The molecule has 1 aliphatic rings. The normalized spacial score (nSPS) is 14.3. The highest BCUT2D eigenvalue weighted by Gasteiger charge is 2.18. The molecule has 3 heterocycles. The van der Waals surface area contributed by atoms with Crippen molar-refractivity contribution < 1.29 is 13.2 Å². The van der Waals surface area contributed by atoms with Crippen molar-refractivity contribution in [1.82, 2.24) is 19.7 Å². The summed E-state index contributed by atoms with van der Waals surface area (Å²) in [6.07, 6.45) is 0.315. The Morgan fingerprint density at radius 1 is 1.13 bits per heavy atom. The van der Waals surface area contributed by atoms with Gasteiger partial charge in [-0.25, -0.2) is 13.1 Å². The van der Waals surface area contributed by atoms with Crippen LogP contribution in [0.3, 0.4) is 0 Å². The Kier molecular flexibility index (Phi) is 8.00. The summed E-state index contributed by atoms with van der Waals surface area (Å²) in [5.74, 6) is 1.14. The summed E-state index contributed by atoms with van der Waals surface area (Å²) in [6, 6.07) is 5.05. The second-order valence-corrected chi connectivity index (χ2v) is 9.81. The number of thiophene rings is 1. The minimum Gasteiger partial charge on any atom is -0.378 e. The summed E-state index contributed by atoms with van der Waals surface area (Å²) in [5, 5.41) is 14.7. The van der Waals surface area contributed by atoms with Crippen LogP contribution in [-0.2, 0) is 14.8 Å². The zero-order chi connectivity index (χ0) is 21.4. The number of nitrogens with one attached hydrogen (secondary N) is 3. The van der Waals surface area contributed by atoms with Gasteiger partial charge in [-0.15, -0.1) is 11.3 Å². The lowest BCUT2D eigenvalue weighted by Crippen LogP contribution is -2.37. The van der Waals surface area contributed by atoms with E-state index in [1.54, 1.807) is 0 Å². The number of nitriles is 1. The van der Waals surface area contributed by atoms with E-state index in [9.17, 15) is 8.42 Å². The van der Waals surface area contributed by atoms with Gasteiger partial charge in [0.05, 0.1) is 30.0 Å². The van der Waals surface area contributed by atoms with Crippen LogP contribution in [-0.4, -0.2) is 69.3 Å². The van der Waals surface area contributed by atoms with E-state index in [-0.39, 0.29) is 17.3 Å². The predicted octanol–water partition coefficient (Wildman–Crippen LogP) is 1.14. The molecule has 1 aliphatic heterocycles. The fraction of sp³-hybridized carbons (Fsp3) is 0.500. The quantitative estimate of drug-likeness (QED) is 0.430. The van der Waals surface area contributed by atoms with Crippen LogP contribution in [0.25, 0.3) is 0 Å². The van der Waals surface area contributed by atoms with Gasteiger partial charge in [-0.3, -0.25) is 0 Å². The third-order valence-electron chi connectivity index (χ3n) is 3.95. The summed E-state index contributed by atoms with van der Waals surface area (Å²) in [7, 11) is -3.62. The summed E-state index contributed by atoms with van der Waals surface area (Å²) in [6.45, 7) is 3.29. The van der Waals surface area contributed by atoms with E-state index in [1.807, 2.05) is 4.90 Å².